The van der Waals surface area contributed by atoms with Gasteiger partial charge >= 0.3 is 0 Å². The summed E-state index contributed by atoms with van der Waals surface area (Å²) in [5, 5.41) is 21.9. The van der Waals surface area contributed by atoms with Crippen LogP contribution in [0.2, 0.25) is 0 Å². The molecule has 7 nitrogen and oxygen atoms in total. The molecule has 5 aromatic heterocycles. The summed E-state index contributed by atoms with van der Waals surface area (Å²) >= 11 is 0. The Labute approximate surface area is 239 Å². The number of rotatable bonds is 3. The predicted molar refractivity (Wildman–Crippen MR) is 163 cm³/mol. The van der Waals surface area contributed by atoms with Gasteiger partial charge in [0.1, 0.15) is 23.8 Å². The van der Waals surface area contributed by atoms with Crippen LogP contribution in [0.3, 0.4) is 0 Å². The number of nitriles is 2. The third kappa shape index (κ3) is 3.35. The standard InChI is InChI=1S/C35H19N7/c36-20-22-8-5-11-24(27(22)21-37)23-18-32(41-28-12-3-1-9-25(28)34-30(41)14-6-16-38-34)40-33(19-23)42-29-13-4-2-10-26(29)35-31(42)15-7-17-39-35/h1-19H. The van der Waals surface area contributed by atoms with E-state index in [0.717, 1.165) is 49.4 Å². The molecule has 0 saturated heterocycles. The first-order chi connectivity index (χ1) is 20.8. The van der Waals surface area contributed by atoms with Crippen molar-refractivity contribution in [2.24, 2.45) is 0 Å². The second kappa shape index (κ2) is 9.12. The van der Waals surface area contributed by atoms with Gasteiger partial charge in [-0.1, -0.05) is 48.5 Å². The Morgan fingerprint density at radius 3 is 1.64 bits per heavy atom. The van der Waals surface area contributed by atoms with Crippen LogP contribution in [-0.4, -0.2) is 24.1 Å². The van der Waals surface area contributed by atoms with E-state index in [2.05, 4.69) is 45.5 Å². The molecule has 8 rings (SSSR count). The molecule has 0 unspecified atom stereocenters. The fraction of sp³-hybridized carbons (Fsp3) is 0. The van der Waals surface area contributed by atoms with E-state index in [1.54, 1.807) is 18.5 Å². The van der Waals surface area contributed by atoms with Gasteiger partial charge in [-0.3, -0.25) is 19.1 Å². The summed E-state index contributed by atoms with van der Waals surface area (Å²) < 4.78 is 4.22. The molecule has 0 bridgehead atoms. The zero-order chi connectivity index (χ0) is 28.2. The van der Waals surface area contributed by atoms with E-state index in [4.69, 9.17) is 15.0 Å². The normalized spacial score (nSPS) is 11.3. The van der Waals surface area contributed by atoms with E-state index in [-0.39, 0.29) is 0 Å². The first-order valence-corrected chi connectivity index (χ1v) is 13.4. The van der Waals surface area contributed by atoms with Crippen molar-refractivity contribution < 1.29 is 0 Å². The molecular weight excluding hydrogens is 518 g/mol. The molecule has 0 saturated carbocycles. The highest BCUT2D eigenvalue weighted by molar-refractivity contribution is 6.08. The van der Waals surface area contributed by atoms with Gasteiger partial charge in [-0.15, -0.1) is 0 Å². The number of hydrogen-bond acceptors (Lipinski definition) is 5. The van der Waals surface area contributed by atoms with Crippen LogP contribution in [0.1, 0.15) is 11.1 Å². The number of nitrogens with zero attached hydrogens (tertiary/aromatic N) is 7. The molecule has 42 heavy (non-hydrogen) atoms. The zero-order valence-electron chi connectivity index (χ0n) is 22.1. The van der Waals surface area contributed by atoms with E-state index in [9.17, 15) is 10.5 Å². The van der Waals surface area contributed by atoms with Crippen LogP contribution in [0.5, 0.6) is 0 Å². The topological polar surface area (TPSA) is 96.1 Å². The van der Waals surface area contributed by atoms with Crippen molar-refractivity contribution in [1.82, 2.24) is 24.1 Å². The van der Waals surface area contributed by atoms with Crippen molar-refractivity contribution in [3.63, 3.8) is 0 Å². The first kappa shape index (κ1) is 23.6. The summed E-state index contributed by atoms with van der Waals surface area (Å²) in [5.41, 5.74) is 7.64. The predicted octanol–water partition coefficient (Wildman–Crippen LogP) is 7.48. The average molecular weight is 538 g/mol. The quantitative estimate of drug-likeness (QED) is 0.233. The van der Waals surface area contributed by atoms with E-state index in [1.807, 2.05) is 72.8 Å². The van der Waals surface area contributed by atoms with E-state index < -0.39 is 0 Å². The number of pyridine rings is 3. The fourth-order valence-corrected chi connectivity index (χ4v) is 5.95. The van der Waals surface area contributed by atoms with Gasteiger partial charge in [-0.2, -0.15) is 10.5 Å². The third-order valence-electron chi connectivity index (χ3n) is 7.72. The molecule has 5 heterocycles. The van der Waals surface area contributed by atoms with Gasteiger partial charge in [0.2, 0.25) is 0 Å². The summed E-state index contributed by atoms with van der Waals surface area (Å²) in [5.74, 6) is 1.34. The Morgan fingerprint density at radius 2 is 1.10 bits per heavy atom. The number of hydrogen-bond donors (Lipinski definition) is 0. The second-order valence-electron chi connectivity index (χ2n) is 9.97. The summed E-state index contributed by atoms with van der Waals surface area (Å²) in [4.78, 5) is 14.7. The molecule has 7 heteroatoms. The smallest absolute Gasteiger partial charge is 0.140 e. The average Bonchev–Trinajstić information content (AvgIpc) is 3.57. The summed E-state index contributed by atoms with van der Waals surface area (Å²) in [6.07, 6.45) is 3.60. The molecule has 0 atom stereocenters. The van der Waals surface area contributed by atoms with Crippen molar-refractivity contribution >= 4 is 43.9 Å². The largest absolute Gasteiger partial charge is 0.292 e. The lowest BCUT2D eigenvalue weighted by Crippen LogP contribution is -2.05. The van der Waals surface area contributed by atoms with Crippen LogP contribution < -0.4 is 0 Å². The highest BCUT2D eigenvalue weighted by atomic mass is 15.1. The van der Waals surface area contributed by atoms with Gasteiger partial charge in [0.05, 0.1) is 44.2 Å². The highest BCUT2D eigenvalue weighted by Crippen LogP contribution is 2.36. The SMILES string of the molecule is N#Cc1cccc(-c2cc(-n3c4ccccc4c4ncccc43)nc(-n3c4ccccc4c4ncccc43)c2)c1C#N. The van der Waals surface area contributed by atoms with Crippen LogP contribution in [0, 0.1) is 22.7 Å². The maximum Gasteiger partial charge on any atom is 0.140 e. The maximum atomic E-state index is 10.1. The summed E-state index contributed by atoms with van der Waals surface area (Å²) in [6.45, 7) is 0. The Balaban J connectivity index is 1.53. The third-order valence-corrected chi connectivity index (χ3v) is 7.72. The van der Waals surface area contributed by atoms with Crippen LogP contribution in [0.4, 0.5) is 0 Å². The molecule has 8 aromatic rings. The van der Waals surface area contributed by atoms with Gasteiger partial charge in [-0.05, 0) is 60.2 Å². The Morgan fingerprint density at radius 1 is 0.548 bits per heavy atom. The van der Waals surface area contributed by atoms with E-state index in [1.165, 1.54) is 0 Å². The lowest BCUT2D eigenvalue weighted by atomic mass is 9.97. The molecule has 0 N–H and O–H groups in total. The van der Waals surface area contributed by atoms with Crippen molar-refractivity contribution in [2.45, 2.75) is 0 Å². The van der Waals surface area contributed by atoms with Gasteiger partial charge in [0, 0.05) is 28.7 Å². The molecule has 0 aliphatic heterocycles. The van der Waals surface area contributed by atoms with Gasteiger partial charge < -0.3 is 0 Å². The lowest BCUT2D eigenvalue weighted by Gasteiger charge is -2.15. The summed E-state index contributed by atoms with van der Waals surface area (Å²) in [6, 6.07) is 37.9. The fourth-order valence-electron chi connectivity index (χ4n) is 5.95. The first-order valence-electron chi connectivity index (χ1n) is 13.4. The van der Waals surface area contributed by atoms with Crippen molar-refractivity contribution in [3.05, 3.63) is 127 Å². The molecule has 0 aliphatic rings. The van der Waals surface area contributed by atoms with Gasteiger partial charge in [-0.25, -0.2) is 4.98 Å². The van der Waals surface area contributed by atoms with Crippen molar-refractivity contribution in [3.8, 4) is 34.9 Å². The molecule has 194 valence electrons. The van der Waals surface area contributed by atoms with Crippen molar-refractivity contribution in [2.75, 3.05) is 0 Å². The van der Waals surface area contributed by atoms with Crippen LogP contribution in [0.15, 0.2) is 116 Å². The number of fused-ring (bicyclic) bond motifs is 6. The number of para-hydroxylation sites is 2. The van der Waals surface area contributed by atoms with Gasteiger partial charge in [0.25, 0.3) is 0 Å². The van der Waals surface area contributed by atoms with E-state index >= 15 is 0 Å². The molecule has 0 aliphatic carbocycles. The minimum Gasteiger partial charge on any atom is -0.292 e. The molecule has 0 radical (unpaired) electrons. The highest BCUT2D eigenvalue weighted by Gasteiger charge is 2.20. The van der Waals surface area contributed by atoms with Crippen LogP contribution >= 0.6 is 0 Å². The second-order valence-corrected chi connectivity index (χ2v) is 9.97. The lowest BCUT2D eigenvalue weighted by molar-refractivity contribution is 1.01. The van der Waals surface area contributed by atoms with Gasteiger partial charge in [0.15, 0.2) is 0 Å². The number of aromatic nitrogens is 5. The molecular formula is C35H19N7. The molecule has 0 fully saturated rings. The minimum absolute atomic E-state index is 0.330. The molecule has 3 aromatic carbocycles. The minimum atomic E-state index is 0.330. The van der Waals surface area contributed by atoms with E-state index in [0.29, 0.717) is 28.3 Å². The monoisotopic (exact) mass is 537 g/mol. The number of benzene rings is 3. The van der Waals surface area contributed by atoms with Crippen LogP contribution in [0.25, 0.3) is 66.6 Å². The Bertz CT molecular complexity index is 2210. The Kier molecular flexibility index (Phi) is 5.12. The van der Waals surface area contributed by atoms with Crippen LogP contribution in [-0.2, 0) is 0 Å². The molecule has 0 spiro atoms. The maximum absolute atomic E-state index is 10.1. The van der Waals surface area contributed by atoms with Crippen molar-refractivity contribution in [1.29, 1.82) is 10.5 Å². The molecule has 0 amide bonds. The summed E-state index contributed by atoms with van der Waals surface area (Å²) in [7, 11) is 0. The zero-order valence-corrected chi connectivity index (χ0v) is 22.1. The Hall–Kier alpha value is -6.31.